The number of ketones is 1. The average molecular weight is 300 g/mol. The molecule has 1 aliphatic heterocycles. The number of carbonyl (C=O) groups excluding carboxylic acids is 2. The summed E-state index contributed by atoms with van der Waals surface area (Å²) in [5, 5.41) is 9.33. The van der Waals surface area contributed by atoms with Crippen molar-refractivity contribution in [3.8, 4) is 6.07 Å². The van der Waals surface area contributed by atoms with Gasteiger partial charge in [0.05, 0.1) is 12.6 Å². The van der Waals surface area contributed by atoms with Crippen molar-refractivity contribution in [3.63, 3.8) is 0 Å². The van der Waals surface area contributed by atoms with E-state index in [2.05, 4.69) is 9.97 Å². The normalized spacial score (nSPS) is 16.8. The minimum atomic E-state index is -1.02. The number of hydrogen-bond donors (Lipinski definition) is 0. The second-order valence-corrected chi connectivity index (χ2v) is 5.66. The van der Waals surface area contributed by atoms with Gasteiger partial charge < -0.3 is 4.90 Å². The smallest absolute Gasteiger partial charge is 0.222 e. The molecule has 1 aliphatic rings. The van der Waals surface area contributed by atoms with Crippen molar-refractivity contribution in [1.82, 2.24) is 14.9 Å². The van der Waals surface area contributed by atoms with E-state index < -0.39 is 5.92 Å². The lowest BCUT2D eigenvalue weighted by molar-refractivity contribution is -0.135. The summed E-state index contributed by atoms with van der Waals surface area (Å²) in [5.41, 5.74) is 1.45. The van der Waals surface area contributed by atoms with E-state index in [1.165, 1.54) is 0 Å². The Morgan fingerprint density at radius 1 is 1.32 bits per heavy atom. The lowest BCUT2D eigenvalue weighted by Gasteiger charge is -2.20. The van der Waals surface area contributed by atoms with Crippen LogP contribution in [0.25, 0.3) is 0 Å². The van der Waals surface area contributed by atoms with E-state index >= 15 is 0 Å². The lowest BCUT2D eigenvalue weighted by atomic mass is 10.0. The Labute approximate surface area is 130 Å². The van der Waals surface area contributed by atoms with Crippen molar-refractivity contribution in [3.05, 3.63) is 23.3 Å². The fraction of sp³-hybridized carbons (Fsp3) is 0.562. The molecule has 0 saturated carbocycles. The Bertz CT molecular complexity index is 601. The highest BCUT2D eigenvalue weighted by Crippen LogP contribution is 2.16. The summed E-state index contributed by atoms with van der Waals surface area (Å²) in [4.78, 5) is 34.3. The van der Waals surface area contributed by atoms with Crippen LogP contribution >= 0.6 is 0 Å². The number of aryl methyl sites for hydroxylation is 2. The van der Waals surface area contributed by atoms with Crippen molar-refractivity contribution in [2.45, 2.75) is 45.4 Å². The Hall–Kier alpha value is -2.29. The number of hydrogen-bond acceptors (Lipinski definition) is 5. The molecule has 1 amide bonds. The van der Waals surface area contributed by atoms with E-state index in [1.807, 2.05) is 6.07 Å². The Morgan fingerprint density at radius 2 is 2.00 bits per heavy atom. The molecule has 6 nitrogen and oxygen atoms in total. The van der Waals surface area contributed by atoms with E-state index in [0.717, 1.165) is 30.7 Å². The molecule has 0 spiro atoms. The van der Waals surface area contributed by atoms with Gasteiger partial charge in [-0.05, 0) is 32.8 Å². The highest BCUT2D eigenvalue weighted by atomic mass is 16.2. The summed E-state index contributed by atoms with van der Waals surface area (Å²) in [6.45, 7) is 4.15. The topological polar surface area (TPSA) is 87.0 Å². The number of rotatable bonds is 4. The van der Waals surface area contributed by atoms with Crippen LogP contribution in [0.4, 0.5) is 0 Å². The molecule has 0 N–H and O–H groups in total. The van der Waals surface area contributed by atoms with Crippen molar-refractivity contribution < 1.29 is 9.59 Å². The van der Waals surface area contributed by atoms with Crippen LogP contribution in [0, 0.1) is 25.2 Å². The van der Waals surface area contributed by atoms with E-state index in [4.69, 9.17) is 0 Å². The molecule has 0 unspecified atom stereocenters. The predicted molar refractivity (Wildman–Crippen MR) is 79.9 cm³/mol. The average Bonchev–Trinajstić information content (AvgIpc) is 2.64. The Morgan fingerprint density at radius 3 is 2.64 bits per heavy atom. The van der Waals surface area contributed by atoms with Gasteiger partial charge in [0, 0.05) is 24.4 Å². The van der Waals surface area contributed by atoms with Gasteiger partial charge in [-0.15, -0.1) is 0 Å². The van der Waals surface area contributed by atoms with Crippen LogP contribution in [-0.2, 0) is 9.59 Å². The zero-order chi connectivity index (χ0) is 16.1. The molecular weight excluding hydrogens is 280 g/mol. The number of likely N-dealkylation sites (tertiary alicyclic amines) is 1. The fourth-order valence-electron chi connectivity index (χ4n) is 2.64. The minimum Gasteiger partial charge on any atom is -0.335 e. The SMILES string of the molecule is Cc1cc(C)nc([C@@H](C#N)C(=O)CN2CCCCCC2=O)n1. The van der Waals surface area contributed by atoms with Crippen LogP contribution < -0.4 is 0 Å². The molecule has 0 aromatic carbocycles. The minimum absolute atomic E-state index is 0.0103. The van der Waals surface area contributed by atoms with E-state index in [-0.39, 0.29) is 24.1 Å². The standard InChI is InChI=1S/C16H20N4O2/c1-11-8-12(2)19-16(18-11)13(9-17)14(21)10-20-7-5-3-4-6-15(20)22/h8,13H,3-7,10H2,1-2H3/t13-/m0/s1. The van der Waals surface area contributed by atoms with Gasteiger partial charge in [-0.2, -0.15) is 5.26 Å². The van der Waals surface area contributed by atoms with Crippen molar-refractivity contribution in [1.29, 1.82) is 5.26 Å². The van der Waals surface area contributed by atoms with Gasteiger partial charge in [-0.1, -0.05) is 6.42 Å². The lowest BCUT2D eigenvalue weighted by Crippen LogP contribution is -2.37. The Kier molecular flexibility index (Phi) is 5.21. The van der Waals surface area contributed by atoms with Crippen LogP contribution in [0.1, 0.15) is 48.8 Å². The molecule has 0 bridgehead atoms. The van der Waals surface area contributed by atoms with E-state index in [9.17, 15) is 14.9 Å². The van der Waals surface area contributed by atoms with Crippen LogP contribution in [0.5, 0.6) is 0 Å². The molecule has 1 aromatic rings. The molecule has 6 heteroatoms. The van der Waals surface area contributed by atoms with E-state index in [1.54, 1.807) is 24.8 Å². The van der Waals surface area contributed by atoms with Gasteiger partial charge in [0.1, 0.15) is 0 Å². The maximum absolute atomic E-state index is 12.4. The number of aromatic nitrogens is 2. The fourth-order valence-corrected chi connectivity index (χ4v) is 2.64. The van der Waals surface area contributed by atoms with Crippen molar-refractivity contribution in [2.75, 3.05) is 13.1 Å². The highest BCUT2D eigenvalue weighted by Gasteiger charge is 2.27. The van der Waals surface area contributed by atoms with Crippen LogP contribution in [0.2, 0.25) is 0 Å². The largest absolute Gasteiger partial charge is 0.335 e. The van der Waals surface area contributed by atoms with Gasteiger partial charge in [0.25, 0.3) is 0 Å². The summed E-state index contributed by atoms with van der Waals surface area (Å²) in [6, 6.07) is 3.77. The van der Waals surface area contributed by atoms with Crippen molar-refractivity contribution in [2.24, 2.45) is 0 Å². The zero-order valence-electron chi connectivity index (χ0n) is 13.0. The second kappa shape index (κ2) is 7.12. The molecule has 1 atom stereocenters. The highest BCUT2D eigenvalue weighted by molar-refractivity contribution is 5.92. The van der Waals surface area contributed by atoms with Gasteiger partial charge in [0.15, 0.2) is 17.5 Å². The summed E-state index contributed by atoms with van der Waals surface area (Å²) >= 11 is 0. The Balaban J connectivity index is 2.15. The third-order valence-corrected chi connectivity index (χ3v) is 3.73. The third kappa shape index (κ3) is 3.88. The molecule has 116 valence electrons. The number of carbonyl (C=O) groups is 2. The molecule has 1 saturated heterocycles. The number of nitriles is 1. The molecular formula is C16H20N4O2. The molecule has 2 rings (SSSR count). The van der Waals surface area contributed by atoms with Crippen LogP contribution in [0.3, 0.4) is 0 Å². The van der Waals surface area contributed by atoms with Gasteiger partial charge in [-0.3, -0.25) is 9.59 Å². The molecule has 0 radical (unpaired) electrons. The van der Waals surface area contributed by atoms with Crippen molar-refractivity contribution >= 4 is 11.7 Å². The van der Waals surface area contributed by atoms with E-state index in [0.29, 0.717) is 13.0 Å². The molecule has 1 aromatic heterocycles. The zero-order valence-corrected chi connectivity index (χ0v) is 13.0. The first-order valence-corrected chi connectivity index (χ1v) is 7.53. The first-order chi connectivity index (χ1) is 10.5. The molecule has 0 aliphatic carbocycles. The molecule has 2 heterocycles. The maximum atomic E-state index is 12.4. The second-order valence-electron chi connectivity index (χ2n) is 5.66. The van der Waals surface area contributed by atoms with Crippen LogP contribution in [-0.4, -0.2) is 39.6 Å². The first-order valence-electron chi connectivity index (χ1n) is 7.53. The predicted octanol–water partition coefficient (Wildman–Crippen LogP) is 1.67. The third-order valence-electron chi connectivity index (χ3n) is 3.73. The molecule has 1 fully saturated rings. The maximum Gasteiger partial charge on any atom is 0.222 e. The summed E-state index contributed by atoms with van der Waals surface area (Å²) in [6.07, 6.45) is 3.24. The van der Waals surface area contributed by atoms with Gasteiger partial charge in [0.2, 0.25) is 5.91 Å². The summed E-state index contributed by atoms with van der Waals surface area (Å²) < 4.78 is 0. The van der Waals surface area contributed by atoms with Crippen LogP contribution in [0.15, 0.2) is 6.07 Å². The monoisotopic (exact) mass is 300 g/mol. The number of amides is 1. The number of Topliss-reactive ketones (excluding diaryl/α,β-unsaturated/α-hetero) is 1. The first kappa shape index (κ1) is 16.1. The summed E-state index contributed by atoms with van der Waals surface area (Å²) in [7, 11) is 0. The quantitative estimate of drug-likeness (QED) is 0.844. The summed E-state index contributed by atoms with van der Waals surface area (Å²) in [5.74, 6) is -1.12. The molecule has 22 heavy (non-hydrogen) atoms. The van der Waals surface area contributed by atoms with Gasteiger partial charge in [-0.25, -0.2) is 9.97 Å². The number of nitrogens with zero attached hydrogens (tertiary/aromatic N) is 4. The van der Waals surface area contributed by atoms with Gasteiger partial charge >= 0.3 is 0 Å².